The highest BCUT2D eigenvalue weighted by molar-refractivity contribution is 5.22. The van der Waals surface area contributed by atoms with E-state index >= 15 is 0 Å². The highest BCUT2D eigenvalue weighted by Gasteiger charge is 2.12. The second-order valence-corrected chi connectivity index (χ2v) is 4.65. The zero-order chi connectivity index (χ0) is 12.8. The van der Waals surface area contributed by atoms with Crippen LogP contribution < -0.4 is 5.32 Å². The van der Waals surface area contributed by atoms with Crippen molar-refractivity contribution in [3.05, 3.63) is 59.5 Å². The third-order valence-electron chi connectivity index (χ3n) is 3.14. The Morgan fingerprint density at radius 1 is 1.22 bits per heavy atom. The zero-order valence-corrected chi connectivity index (χ0v) is 11.1. The van der Waals surface area contributed by atoms with Crippen LogP contribution in [0.15, 0.2) is 47.1 Å². The molecule has 0 radical (unpaired) electrons. The van der Waals surface area contributed by atoms with Gasteiger partial charge in [-0.3, -0.25) is 0 Å². The third kappa shape index (κ3) is 3.47. The van der Waals surface area contributed by atoms with E-state index in [1.54, 1.807) is 6.26 Å². The van der Waals surface area contributed by atoms with Gasteiger partial charge in [-0.15, -0.1) is 0 Å². The topological polar surface area (TPSA) is 25.2 Å². The summed E-state index contributed by atoms with van der Waals surface area (Å²) in [5.41, 5.74) is 2.72. The quantitative estimate of drug-likeness (QED) is 0.833. The Balaban J connectivity index is 1.98. The van der Waals surface area contributed by atoms with Crippen molar-refractivity contribution in [1.82, 2.24) is 5.32 Å². The van der Waals surface area contributed by atoms with Crippen LogP contribution in [0, 0.1) is 6.92 Å². The molecule has 0 fully saturated rings. The predicted octanol–water partition coefficient (Wildman–Crippen LogP) is 3.87. The van der Waals surface area contributed by atoms with Gasteiger partial charge in [-0.05, 0) is 44.0 Å². The van der Waals surface area contributed by atoms with E-state index in [1.165, 1.54) is 11.1 Å². The van der Waals surface area contributed by atoms with E-state index in [4.69, 9.17) is 4.42 Å². The maximum atomic E-state index is 5.50. The van der Waals surface area contributed by atoms with Crippen LogP contribution in [0.2, 0.25) is 0 Å². The second-order valence-electron chi connectivity index (χ2n) is 4.65. The minimum absolute atomic E-state index is 0.311. The molecule has 2 aromatic rings. The Hall–Kier alpha value is -1.54. The van der Waals surface area contributed by atoms with Gasteiger partial charge in [0.2, 0.25) is 0 Å². The minimum Gasteiger partial charge on any atom is -0.468 e. The van der Waals surface area contributed by atoms with Crippen LogP contribution in [-0.2, 0) is 6.42 Å². The van der Waals surface area contributed by atoms with Crippen LogP contribution >= 0.6 is 0 Å². The molecule has 18 heavy (non-hydrogen) atoms. The van der Waals surface area contributed by atoms with Gasteiger partial charge in [0.05, 0.1) is 12.3 Å². The number of furan rings is 1. The van der Waals surface area contributed by atoms with Gasteiger partial charge < -0.3 is 9.73 Å². The second kappa shape index (κ2) is 6.41. The fraction of sp³-hybridized carbons (Fsp3) is 0.375. The molecule has 2 heteroatoms. The molecule has 0 aliphatic carbocycles. The molecule has 0 saturated heterocycles. The monoisotopic (exact) mass is 243 g/mol. The van der Waals surface area contributed by atoms with Gasteiger partial charge in [-0.25, -0.2) is 0 Å². The van der Waals surface area contributed by atoms with E-state index in [0.717, 1.165) is 25.1 Å². The summed E-state index contributed by atoms with van der Waals surface area (Å²) in [5.74, 6) is 1.03. The molecule has 2 nitrogen and oxygen atoms in total. The lowest BCUT2D eigenvalue weighted by atomic mass is 10.0. The zero-order valence-electron chi connectivity index (χ0n) is 11.1. The van der Waals surface area contributed by atoms with E-state index in [9.17, 15) is 0 Å². The summed E-state index contributed by atoms with van der Waals surface area (Å²) in [7, 11) is 0. The highest BCUT2D eigenvalue weighted by Crippen LogP contribution is 2.20. The molecule has 0 bridgehead atoms. The first-order chi connectivity index (χ1) is 8.79. The van der Waals surface area contributed by atoms with Gasteiger partial charge in [0.1, 0.15) is 5.76 Å². The lowest BCUT2D eigenvalue weighted by molar-refractivity contribution is 0.401. The Bertz CT molecular complexity index is 462. The van der Waals surface area contributed by atoms with Crippen molar-refractivity contribution in [3.8, 4) is 0 Å². The number of rotatable bonds is 6. The molecule has 1 unspecified atom stereocenters. The Morgan fingerprint density at radius 3 is 2.78 bits per heavy atom. The van der Waals surface area contributed by atoms with Crippen LogP contribution in [0.3, 0.4) is 0 Å². The van der Waals surface area contributed by atoms with Gasteiger partial charge in [0.25, 0.3) is 0 Å². The third-order valence-corrected chi connectivity index (χ3v) is 3.14. The summed E-state index contributed by atoms with van der Waals surface area (Å²) in [6, 6.07) is 13.0. The Morgan fingerprint density at radius 2 is 2.11 bits per heavy atom. The molecule has 0 amide bonds. The van der Waals surface area contributed by atoms with E-state index < -0.39 is 0 Å². The molecule has 0 spiro atoms. The molecule has 96 valence electrons. The fourth-order valence-corrected chi connectivity index (χ4v) is 2.26. The molecule has 0 aliphatic heterocycles. The molecule has 0 aliphatic rings. The summed E-state index contributed by atoms with van der Waals surface area (Å²) < 4.78 is 5.50. The first-order valence-corrected chi connectivity index (χ1v) is 6.62. The normalized spacial score (nSPS) is 12.6. The summed E-state index contributed by atoms with van der Waals surface area (Å²) in [6.45, 7) is 5.22. The van der Waals surface area contributed by atoms with Crippen molar-refractivity contribution >= 4 is 0 Å². The summed E-state index contributed by atoms with van der Waals surface area (Å²) >= 11 is 0. The van der Waals surface area contributed by atoms with Gasteiger partial charge in [0, 0.05) is 0 Å². The molecule has 1 aromatic carbocycles. The van der Waals surface area contributed by atoms with Crippen LogP contribution in [-0.4, -0.2) is 6.54 Å². The first-order valence-electron chi connectivity index (χ1n) is 6.62. The van der Waals surface area contributed by atoms with Crippen LogP contribution in [0.1, 0.15) is 36.3 Å². The Kier molecular flexibility index (Phi) is 4.59. The van der Waals surface area contributed by atoms with E-state index in [1.807, 2.05) is 12.1 Å². The van der Waals surface area contributed by atoms with Crippen molar-refractivity contribution in [2.75, 3.05) is 6.54 Å². The predicted molar refractivity (Wildman–Crippen MR) is 74.6 cm³/mol. The molecule has 0 saturated carbocycles. The Labute approximate surface area is 109 Å². The van der Waals surface area contributed by atoms with Crippen molar-refractivity contribution in [3.63, 3.8) is 0 Å². The SMILES string of the molecule is CCNC(CCc1cccc(C)c1)c1ccco1. The highest BCUT2D eigenvalue weighted by atomic mass is 16.3. The first kappa shape index (κ1) is 12.9. The maximum Gasteiger partial charge on any atom is 0.120 e. The number of aryl methyl sites for hydroxylation is 2. The van der Waals surface area contributed by atoms with Crippen molar-refractivity contribution in [2.24, 2.45) is 0 Å². The molecule has 1 N–H and O–H groups in total. The molecule has 1 heterocycles. The number of benzene rings is 1. The lowest BCUT2D eigenvalue weighted by Crippen LogP contribution is -2.21. The molecule has 1 aromatic heterocycles. The van der Waals surface area contributed by atoms with Crippen LogP contribution in [0.4, 0.5) is 0 Å². The largest absolute Gasteiger partial charge is 0.468 e. The molecule has 1 atom stereocenters. The summed E-state index contributed by atoms with van der Waals surface area (Å²) in [4.78, 5) is 0. The number of nitrogens with one attached hydrogen (secondary N) is 1. The fourth-order valence-electron chi connectivity index (χ4n) is 2.26. The maximum absolute atomic E-state index is 5.50. The average molecular weight is 243 g/mol. The molecular formula is C16H21NO. The smallest absolute Gasteiger partial charge is 0.120 e. The lowest BCUT2D eigenvalue weighted by Gasteiger charge is -2.15. The van der Waals surface area contributed by atoms with Crippen molar-refractivity contribution in [2.45, 2.75) is 32.7 Å². The summed E-state index contributed by atoms with van der Waals surface area (Å²) in [5, 5.41) is 3.48. The summed E-state index contributed by atoms with van der Waals surface area (Å²) in [6.07, 6.45) is 3.87. The van der Waals surface area contributed by atoms with Gasteiger partial charge >= 0.3 is 0 Å². The van der Waals surface area contributed by atoms with Crippen molar-refractivity contribution in [1.29, 1.82) is 0 Å². The van der Waals surface area contributed by atoms with Crippen molar-refractivity contribution < 1.29 is 4.42 Å². The van der Waals surface area contributed by atoms with E-state index in [2.05, 4.69) is 43.4 Å². The van der Waals surface area contributed by atoms with Gasteiger partial charge in [-0.1, -0.05) is 36.8 Å². The number of hydrogen-bond acceptors (Lipinski definition) is 2. The minimum atomic E-state index is 0.311. The van der Waals surface area contributed by atoms with E-state index in [0.29, 0.717) is 6.04 Å². The standard InChI is InChI=1S/C16H21NO/c1-3-17-15(16-8-5-11-18-16)10-9-14-7-4-6-13(2)12-14/h4-8,11-12,15,17H,3,9-10H2,1-2H3. The number of hydrogen-bond donors (Lipinski definition) is 1. The van der Waals surface area contributed by atoms with Crippen LogP contribution in [0.25, 0.3) is 0 Å². The van der Waals surface area contributed by atoms with E-state index in [-0.39, 0.29) is 0 Å². The van der Waals surface area contributed by atoms with Gasteiger partial charge in [0.15, 0.2) is 0 Å². The molecular weight excluding hydrogens is 222 g/mol. The van der Waals surface area contributed by atoms with Crippen LogP contribution in [0.5, 0.6) is 0 Å². The van der Waals surface area contributed by atoms with Gasteiger partial charge in [-0.2, -0.15) is 0 Å². The molecule has 2 rings (SSSR count). The average Bonchev–Trinajstić information content (AvgIpc) is 2.88.